The number of hydrogen-bond donors (Lipinski definition) is 1. The SMILES string of the molecule is CC(C)(C)C1CCN(C(=O)CC(N)=S)C1. The van der Waals surface area contributed by atoms with Crippen molar-refractivity contribution in [3.8, 4) is 0 Å². The molecule has 1 aliphatic heterocycles. The average Bonchev–Trinajstić information content (AvgIpc) is 2.48. The Hall–Kier alpha value is -0.640. The Morgan fingerprint density at radius 2 is 2.13 bits per heavy atom. The molecule has 0 aromatic rings. The van der Waals surface area contributed by atoms with Crippen molar-refractivity contribution in [2.24, 2.45) is 17.1 Å². The molecule has 0 radical (unpaired) electrons. The first kappa shape index (κ1) is 12.4. The maximum Gasteiger partial charge on any atom is 0.229 e. The van der Waals surface area contributed by atoms with E-state index >= 15 is 0 Å². The van der Waals surface area contributed by atoms with Crippen LogP contribution in [0.25, 0.3) is 0 Å². The van der Waals surface area contributed by atoms with Gasteiger partial charge in [-0.05, 0) is 17.8 Å². The first-order valence-corrected chi connectivity index (χ1v) is 5.77. The molecule has 0 saturated carbocycles. The molecule has 1 heterocycles. The molecule has 1 unspecified atom stereocenters. The molecule has 3 nitrogen and oxygen atoms in total. The maximum absolute atomic E-state index is 11.7. The lowest BCUT2D eigenvalue weighted by molar-refractivity contribution is -0.129. The van der Waals surface area contributed by atoms with E-state index in [-0.39, 0.29) is 17.7 Å². The Morgan fingerprint density at radius 1 is 1.53 bits per heavy atom. The van der Waals surface area contributed by atoms with Crippen molar-refractivity contribution < 1.29 is 4.79 Å². The van der Waals surface area contributed by atoms with Crippen molar-refractivity contribution in [1.29, 1.82) is 0 Å². The molecule has 0 aromatic carbocycles. The van der Waals surface area contributed by atoms with Gasteiger partial charge in [0.15, 0.2) is 0 Å². The van der Waals surface area contributed by atoms with Gasteiger partial charge in [-0.25, -0.2) is 0 Å². The molecule has 1 saturated heterocycles. The number of nitrogens with zero attached hydrogens (tertiary/aromatic N) is 1. The van der Waals surface area contributed by atoms with Crippen molar-refractivity contribution >= 4 is 23.1 Å². The Labute approximate surface area is 97.0 Å². The predicted octanol–water partition coefficient (Wildman–Crippen LogP) is 1.56. The summed E-state index contributed by atoms with van der Waals surface area (Å²) in [4.78, 5) is 13.9. The number of likely N-dealkylation sites (tertiary alicyclic amines) is 1. The van der Waals surface area contributed by atoms with Crippen LogP contribution in [0.15, 0.2) is 0 Å². The molecule has 15 heavy (non-hydrogen) atoms. The molecule has 2 N–H and O–H groups in total. The summed E-state index contributed by atoms with van der Waals surface area (Å²) in [6.07, 6.45) is 1.30. The van der Waals surface area contributed by atoms with Crippen LogP contribution in [0.1, 0.15) is 33.6 Å². The van der Waals surface area contributed by atoms with E-state index in [0.717, 1.165) is 19.5 Å². The van der Waals surface area contributed by atoms with Crippen molar-refractivity contribution in [1.82, 2.24) is 4.90 Å². The van der Waals surface area contributed by atoms with E-state index in [0.29, 0.717) is 10.9 Å². The molecule has 0 bridgehead atoms. The molecular weight excluding hydrogens is 208 g/mol. The lowest BCUT2D eigenvalue weighted by atomic mass is 9.80. The fourth-order valence-corrected chi connectivity index (χ4v) is 2.08. The van der Waals surface area contributed by atoms with E-state index in [1.807, 2.05) is 4.90 Å². The number of carbonyl (C=O) groups is 1. The highest BCUT2D eigenvalue weighted by molar-refractivity contribution is 7.80. The van der Waals surface area contributed by atoms with Gasteiger partial charge in [-0.15, -0.1) is 0 Å². The third kappa shape index (κ3) is 3.45. The Bertz CT molecular complexity index is 270. The Balaban J connectivity index is 2.49. The average molecular weight is 228 g/mol. The topological polar surface area (TPSA) is 46.3 Å². The van der Waals surface area contributed by atoms with Gasteiger partial charge in [0, 0.05) is 13.1 Å². The van der Waals surface area contributed by atoms with Crippen LogP contribution in [0.2, 0.25) is 0 Å². The Morgan fingerprint density at radius 3 is 2.53 bits per heavy atom. The van der Waals surface area contributed by atoms with Gasteiger partial charge in [-0.2, -0.15) is 0 Å². The van der Waals surface area contributed by atoms with Crippen molar-refractivity contribution in [3.05, 3.63) is 0 Å². The van der Waals surface area contributed by atoms with Gasteiger partial charge in [0.2, 0.25) is 5.91 Å². The second kappa shape index (κ2) is 4.47. The summed E-state index contributed by atoms with van der Waals surface area (Å²) < 4.78 is 0. The number of amides is 1. The predicted molar refractivity (Wildman–Crippen MR) is 65.5 cm³/mol. The number of rotatable bonds is 2. The van der Waals surface area contributed by atoms with Gasteiger partial charge in [-0.3, -0.25) is 4.79 Å². The van der Waals surface area contributed by atoms with Crippen LogP contribution in [0.3, 0.4) is 0 Å². The molecule has 0 aromatic heterocycles. The molecule has 1 atom stereocenters. The summed E-state index contributed by atoms with van der Waals surface area (Å²) >= 11 is 4.74. The second-order valence-electron chi connectivity index (χ2n) is 5.33. The van der Waals surface area contributed by atoms with E-state index in [4.69, 9.17) is 18.0 Å². The van der Waals surface area contributed by atoms with Crippen LogP contribution in [0.5, 0.6) is 0 Å². The zero-order chi connectivity index (χ0) is 11.6. The molecule has 0 spiro atoms. The highest BCUT2D eigenvalue weighted by Crippen LogP contribution is 2.33. The van der Waals surface area contributed by atoms with Crippen LogP contribution in [0.4, 0.5) is 0 Å². The molecular formula is C11H20N2OS. The van der Waals surface area contributed by atoms with Crippen LogP contribution >= 0.6 is 12.2 Å². The molecule has 4 heteroatoms. The molecule has 0 aliphatic carbocycles. The van der Waals surface area contributed by atoms with E-state index in [2.05, 4.69) is 20.8 Å². The molecule has 1 fully saturated rings. The van der Waals surface area contributed by atoms with Crippen LogP contribution in [-0.4, -0.2) is 28.9 Å². The van der Waals surface area contributed by atoms with E-state index < -0.39 is 0 Å². The molecule has 1 amide bonds. The number of hydrogen-bond acceptors (Lipinski definition) is 2. The summed E-state index contributed by atoms with van der Waals surface area (Å²) in [5, 5.41) is 0. The lowest BCUT2D eigenvalue weighted by Gasteiger charge is -2.26. The van der Waals surface area contributed by atoms with Crippen LogP contribution in [0, 0.1) is 11.3 Å². The summed E-state index contributed by atoms with van der Waals surface area (Å²) in [6.45, 7) is 8.37. The zero-order valence-corrected chi connectivity index (χ0v) is 10.6. The monoisotopic (exact) mass is 228 g/mol. The summed E-state index contributed by atoms with van der Waals surface area (Å²) in [6, 6.07) is 0. The first-order chi connectivity index (χ1) is 6.80. The van der Waals surface area contributed by atoms with Gasteiger partial charge >= 0.3 is 0 Å². The maximum atomic E-state index is 11.7. The van der Waals surface area contributed by atoms with Gasteiger partial charge in [0.1, 0.15) is 0 Å². The molecule has 1 aliphatic rings. The standard InChI is InChI=1S/C11H20N2OS/c1-11(2,3)8-4-5-13(7-8)10(14)6-9(12)15/h8H,4-7H2,1-3H3,(H2,12,15). The van der Waals surface area contributed by atoms with E-state index in [9.17, 15) is 4.79 Å². The van der Waals surface area contributed by atoms with Gasteiger partial charge in [0.25, 0.3) is 0 Å². The Kier molecular flexibility index (Phi) is 3.71. The zero-order valence-electron chi connectivity index (χ0n) is 9.75. The third-order valence-corrected chi connectivity index (χ3v) is 3.24. The van der Waals surface area contributed by atoms with E-state index in [1.165, 1.54) is 0 Å². The first-order valence-electron chi connectivity index (χ1n) is 5.37. The van der Waals surface area contributed by atoms with E-state index in [1.54, 1.807) is 0 Å². The lowest BCUT2D eigenvalue weighted by Crippen LogP contribution is -2.33. The number of nitrogens with two attached hydrogens (primary N) is 1. The minimum atomic E-state index is 0.0780. The fourth-order valence-electron chi connectivity index (χ4n) is 1.95. The van der Waals surface area contributed by atoms with Crippen LogP contribution < -0.4 is 5.73 Å². The third-order valence-electron chi connectivity index (χ3n) is 3.09. The number of thiocarbonyl (C=S) groups is 1. The smallest absolute Gasteiger partial charge is 0.229 e. The minimum absolute atomic E-state index is 0.0780. The summed E-state index contributed by atoms with van der Waals surface area (Å²) in [5.74, 6) is 0.669. The van der Waals surface area contributed by atoms with Crippen molar-refractivity contribution in [2.45, 2.75) is 33.6 Å². The van der Waals surface area contributed by atoms with Crippen molar-refractivity contribution in [2.75, 3.05) is 13.1 Å². The normalized spacial score (nSPS) is 21.8. The van der Waals surface area contributed by atoms with Crippen molar-refractivity contribution in [3.63, 3.8) is 0 Å². The summed E-state index contributed by atoms with van der Waals surface area (Å²) in [5.41, 5.74) is 5.64. The fraction of sp³-hybridized carbons (Fsp3) is 0.818. The molecule has 86 valence electrons. The highest BCUT2D eigenvalue weighted by Gasteiger charge is 2.33. The van der Waals surface area contributed by atoms with Gasteiger partial charge < -0.3 is 10.6 Å². The van der Waals surface area contributed by atoms with Crippen LogP contribution in [-0.2, 0) is 4.79 Å². The molecule has 1 rings (SSSR count). The summed E-state index contributed by atoms with van der Waals surface area (Å²) in [7, 11) is 0. The highest BCUT2D eigenvalue weighted by atomic mass is 32.1. The minimum Gasteiger partial charge on any atom is -0.393 e. The number of carbonyl (C=O) groups excluding carboxylic acids is 1. The van der Waals surface area contributed by atoms with Gasteiger partial charge in [-0.1, -0.05) is 33.0 Å². The van der Waals surface area contributed by atoms with Gasteiger partial charge in [0.05, 0.1) is 11.4 Å². The largest absolute Gasteiger partial charge is 0.393 e. The quantitative estimate of drug-likeness (QED) is 0.730. The second-order valence-corrected chi connectivity index (χ2v) is 5.86.